The molecule has 1 heterocycles. The maximum Gasteiger partial charge on any atom is 0.232 e. The first-order valence-corrected chi connectivity index (χ1v) is 6.91. The highest BCUT2D eigenvalue weighted by Gasteiger charge is 2.21. The topological polar surface area (TPSA) is 73.0 Å². The minimum atomic E-state index is -0.230. The van der Waals surface area contributed by atoms with Crippen molar-refractivity contribution in [3.63, 3.8) is 0 Å². The van der Waals surface area contributed by atoms with Gasteiger partial charge in [0.05, 0.1) is 0 Å². The molecule has 20 heavy (non-hydrogen) atoms. The van der Waals surface area contributed by atoms with Crippen molar-refractivity contribution in [3.8, 4) is 0 Å². The van der Waals surface area contributed by atoms with E-state index in [0.29, 0.717) is 32.7 Å². The third-order valence-corrected chi connectivity index (χ3v) is 3.23. The van der Waals surface area contributed by atoms with E-state index in [9.17, 15) is 14.4 Å². The Morgan fingerprint density at radius 3 is 2.40 bits per heavy atom. The summed E-state index contributed by atoms with van der Waals surface area (Å²) in [6, 6.07) is 0. The van der Waals surface area contributed by atoms with E-state index in [4.69, 9.17) is 0 Å². The number of hydrogen-bond donors (Lipinski definition) is 1. The van der Waals surface area contributed by atoms with Crippen LogP contribution in [0.15, 0.2) is 0 Å². The quantitative estimate of drug-likeness (QED) is 0.360. The van der Waals surface area contributed by atoms with Gasteiger partial charge in [0.25, 0.3) is 0 Å². The van der Waals surface area contributed by atoms with Crippen molar-refractivity contribution in [1.82, 2.24) is 20.0 Å². The van der Waals surface area contributed by atoms with E-state index in [1.165, 1.54) is 0 Å². The summed E-state index contributed by atoms with van der Waals surface area (Å²) >= 11 is 0. The van der Waals surface area contributed by atoms with Crippen LogP contribution in [-0.4, -0.2) is 86.3 Å². The zero-order valence-corrected chi connectivity index (χ0v) is 12.3. The summed E-state index contributed by atoms with van der Waals surface area (Å²) in [6.07, 6.45) is 1.55. The van der Waals surface area contributed by atoms with Crippen LogP contribution < -0.4 is 5.32 Å². The van der Waals surface area contributed by atoms with E-state index < -0.39 is 0 Å². The second-order valence-corrected chi connectivity index (χ2v) is 5.21. The largest absolute Gasteiger partial charge is 0.356 e. The van der Waals surface area contributed by atoms with E-state index in [0.717, 1.165) is 19.4 Å². The number of piperazine rings is 1. The molecule has 0 unspecified atom stereocenters. The molecule has 1 aliphatic rings. The van der Waals surface area contributed by atoms with Gasteiger partial charge in [0.2, 0.25) is 18.2 Å². The van der Waals surface area contributed by atoms with Crippen molar-refractivity contribution in [2.45, 2.75) is 12.8 Å². The van der Waals surface area contributed by atoms with Gasteiger partial charge in [-0.05, 0) is 27.1 Å². The average molecular weight is 284 g/mol. The molecule has 7 heteroatoms. The van der Waals surface area contributed by atoms with Gasteiger partial charge in [-0.15, -0.1) is 0 Å². The Balaban J connectivity index is 2.18. The van der Waals surface area contributed by atoms with Gasteiger partial charge in [-0.2, -0.15) is 0 Å². The van der Waals surface area contributed by atoms with Crippen LogP contribution in [0.5, 0.6) is 0 Å². The molecule has 0 aliphatic carbocycles. The third kappa shape index (κ3) is 6.01. The first kappa shape index (κ1) is 16.4. The number of rotatable bonds is 7. The molecule has 0 aromatic rings. The summed E-state index contributed by atoms with van der Waals surface area (Å²) in [4.78, 5) is 39.4. The molecule has 0 radical (unpaired) electrons. The average Bonchev–Trinajstić information content (AvgIpc) is 2.43. The summed E-state index contributed by atoms with van der Waals surface area (Å²) in [6.45, 7) is 3.58. The number of nitrogens with one attached hydrogen (secondary N) is 1. The molecule has 0 aromatic carbocycles. The molecule has 0 bridgehead atoms. The van der Waals surface area contributed by atoms with Gasteiger partial charge < -0.3 is 20.0 Å². The molecule has 1 rings (SSSR count). The Hall–Kier alpha value is -1.63. The second kappa shape index (κ2) is 8.52. The van der Waals surface area contributed by atoms with Gasteiger partial charge in [-0.1, -0.05) is 0 Å². The molecule has 1 fully saturated rings. The number of amides is 3. The molecule has 0 saturated carbocycles. The first-order valence-electron chi connectivity index (χ1n) is 6.91. The van der Waals surface area contributed by atoms with Crippen molar-refractivity contribution >= 4 is 18.2 Å². The van der Waals surface area contributed by atoms with E-state index in [1.54, 1.807) is 9.80 Å². The Bertz CT molecular complexity index is 339. The van der Waals surface area contributed by atoms with Crippen LogP contribution in [0.25, 0.3) is 0 Å². The molecule has 0 spiro atoms. The minimum Gasteiger partial charge on any atom is -0.356 e. The van der Waals surface area contributed by atoms with Crippen molar-refractivity contribution in [3.05, 3.63) is 0 Å². The fourth-order valence-corrected chi connectivity index (χ4v) is 2.01. The van der Waals surface area contributed by atoms with Crippen molar-refractivity contribution in [2.24, 2.45) is 0 Å². The monoisotopic (exact) mass is 284 g/mol. The van der Waals surface area contributed by atoms with Gasteiger partial charge in [-0.25, -0.2) is 0 Å². The Morgan fingerprint density at radius 2 is 1.85 bits per heavy atom. The Labute approximate surface area is 119 Å². The summed E-state index contributed by atoms with van der Waals surface area (Å²) in [5, 5.41) is 2.75. The zero-order valence-electron chi connectivity index (χ0n) is 12.3. The molecule has 0 atom stereocenters. The Morgan fingerprint density at radius 1 is 1.20 bits per heavy atom. The second-order valence-electron chi connectivity index (χ2n) is 5.21. The molecule has 0 aromatic heterocycles. The highest BCUT2D eigenvalue weighted by molar-refractivity contribution is 5.96. The van der Waals surface area contributed by atoms with Gasteiger partial charge >= 0.3 is 0 Å². The third-order valence-electron chi connectivity index (χ3n) is 3.23. The summed E-state index contributed by atoms with van der Waals surface area (Å²) in [5.41, 5.74) is 0. The molecule has 1 aliphatic heterocycles. The standard InChI is InChI=1S/C13H24N4O3/c1-15(2)5-3-4-14-12(19)10-13(20)17-8-6-16(11-18)7-9-17/h11H,3-10H2,1-2H3,(H,14,19). The van der Waals surface area contributed by atoms with Crippen LogP contribution >= 0.6 is 0 Å². The number of carbonyl (C=O) groups excluding carboxylic acids is 3. The first-order chi connectivity index (χ1) is 9.52. The van der Waals surface area contributed by atoms with Gasteiger partial charge in [0, 0.05) is 32.7 Å². The van der Waals surface area contributed by atoms with Crippen molar-refractivity contribution < 1.29 is 14.4 Å². The van der Waals surface area contributed by atoms with Crippen LogP contribution in [0.2, 0.25) is 0 Å². The molecule has 1 saturated heterocycles. The fraction of sp³-hybridized carbons (Fsp3) is 0.769. The van der Waals surface area contributed by atoms with Crippen LogP contribution in [0.3, 0.4) is 0 Å². The maximum absolute atomic E-state index is 11.9. The van der Waals surface area contributed by atoms with Gasteiger partial charge in [0.15, 0.2) is 0 Å². The molecular formula is C13H24N4O3. The highest BCUT2D eigenvalue weighted by Crippen LogP contribution is 2.02. The lowest BCUT2D eigenvalue weighted by Gasteiger charge is -2.32. The van der Waals surface area contributed by atoms with Crippen LogP contribution in [0, 0.1) is 0 Å². The summed E-state index contributed by atoms with van der Waals surface area (Å²) < 4.78 is 0. The van der Waals surface area contributed by atoms with E-state index >= 15 is 0 Å². The molecule has 3 amide bonds. The minimum absolute atomic E-state index is 0.108. The maximum atomic E-state index is 11.9. The lowest BCUT2D eigenvalue weighted by Crippen LogP contribution is -2.49. The number of carbonyl (C=O) groups is 3. The van der Waals surface area contributed by atoms with Crippen LogP contribution in [-0.2, 0) is 14.4 Å². The van der Waals surface area contributed by atoms with Crippen LogP contribution in [0.1, 0.15) is 12.8 Å². The molecule has 114 valence electrons. The summed E-state index contributed by atoms with van der Waals surface area (Å²) in [7, 11) is 3.95. The number of hydrogen-bond acceptors (Lipinski definition) is 4. The summed E-state index contributed by atoms with van der Waals surface area (Å²) in [5.74, 6) is -0.396. The SMILES string of the molecule is CN(C)CCCNC(=O)CC(=O)N1CCN(C=O)CC1. The lowest BCUT2D eigenvalue weighted by molar-refractivity contribution is -0.138. The fourth-order valence-electron chi connectivity index (χ4n) is 2.01. The Kier molecular flexibility index (Phi) is 7.00. The van der Waals surface area contributed by atoms with Crippen LogP contribution in [0.4, 0.5) is 0 Å². The van der Waals surface area contributed by atoms with Gasteiger partial charge in [-0.3, -0.25) is 14.4 Å². The number of nitrogens with zero attached hydrogens (tertiary/aromatic N) is 3. The van der Waals surface area contributed by atoms with E-state index in [-0.39, 0.29) is 18.2 Å². The normalized spacial score (nSPS) is 15.3. The van der Waals surface area contributed by atoms with Crippen molar-refractivity contribution in [2.75, 3.05) is 53.4 Å². The predicted molar refractivity (Wildman–Crippen MR) is 75.0 cm³/mol. The zero-order chi connectivity index (χ0) is 15.0. The molecular weight excluding hydrogens is 260 g/mol. The van der Waals surface area contributed by atoms with E-state index in [1.807, 2.05) is 19.0 Å². The molecule has 1 N–H and O–H groups in total. The van der Waals surface area contributed by atoms with Crippen molar-refractivity contribution in [1.29, 1.82) is 0 Å². The van der Waals surface area contributed by atoms with E-state index in [2.05, 4.69) is 5.32 Å². The van der Waals surface area contributed by atoms with Gasteiger partial charge in [0.1, 0.15) is 6.42 Å². The lowest BCUT2D eigenvalue weighted by atomic mass is 10.2. The smallest absolute Gasteiger partial charge is 0.232 e. The highest BCUT2D eigenvalue weighted by atomic mass is 16.2. The predicted octanol–water partition coefficient (Wildman–Crippen LogP) is -1.25. The molecule has 7 nitrogen and oxygen atoms in total.